The Morgan fingerprint density at radius 1 is 1.13 bits per heavy atom. The summed E-state index contributed by atoms with van der Waals surface area (Å²) in [4.78, 5) is 47.3. The van der Waals surface area contributed by atoms with E-state index in [1.54, 1.807) is 40.1 Å². The van der Waals surface area contributed by atoms with Gasteiger partial charge in [-0.2, -0.15) is 0 Å². The third kappa shape index (κ3) is 7.20. The van der Waals surface area contributed by atoms with Gasteiger partial charge in [0.05, 0.1) is 30.2 Å². The van der Waals surface area contributed by atoms with Gasteiger partial charge in [-0.25, -0.2) is 9.78 Å². The van der Waals surface area contributed by atoms with Gasteiger partial charge in [0.15, 0.2) is 0 Å². The molecule has 0 spiro atoms. The van der Waals surface area contributed by atoms with Gasteiger partial charge in [0.1, 0.15) is 23.3 Å². The number of methoxy groups -OCH3 is 1. The second kappa shape index (κ2) is 12.1. The Kier molecular flexibility index (Phi) is 9.08. The van der Waals surface area contributed by atoms with E-state index in [9.17, 15) is 14.4 Å². The average molecular weight is 537 g/mol. The number of alkyl carbamates (subject to hydrolysis) is 1. The van der Waals surface area contributed by atoms with Crippen LogP contribution in [-0.2, 0) is 16.1 Å². The molecule has 208 valence electrons. The van der Waals surface area contributed by atoms with Crippen LogP contribution in [0.25, 0.3) is 5.69 Å². The lowest BCUT2D eigenvalue weighted by Gasteiger charge is -2.23. The van der Waals surface area contributed by atoms with E-state index in [2.05, 4.69) is 20.6 Å². The first-order valence-corrected chi connectivity index (χ1v) is 12.6. The van der Waals surface area contributed by atoms with E-state index in [0.29, 0.717) is 30.0 Å². The Labute approximate surface area is 227 Å². The minimum absolute atomic E-state index is 0.192. The van der Waals surface area contributed by atoms with Crippen LogP contribution in [0.5, 0.6) is 0 Å². The number of carbonyl (C=O) groups is 2. The number of pyridine rings is 1. The maximum Gasteiger partial charge on any atom is 0.408 e. The summed E-state index contributed by atoms with van der Waals surface area (Å²) in [5.41, 5.74) is 8.65. The molecule has 0 aliphatic rings. The predicted octanol–water partition coefficient (Wildman–Crippen LogP) is 4.20. The summed E-state index contributed by atoms with van der Waals surface area (Å²) in [6, 6.07) is 5.10. The molecule has 0 unspecified atom stereocenters. The number of carbonyl (C=O) groups excluding carboxylic acids is 2. The molecule has 1 aromatic carbocycles. The molecule has 0 aliphatic carbocycles. The second-order valence-corrected chi connectivity index (χ2v) is 10.3. The van der Waals surface area contributed by atoms with Crippen LogP contribution in [0.2, 0.25) is 0 Å². The highest BCUT2D eigenvalue weighted by Crippen LogP contribution is 2.23. The van der Waals surface area contributed by atoms with Crippen LogP contribution in [0.15, 0.2) is 41.7 Å². The Bertz CT molecular complexity index is 1400. The summed E-state index contributed by atoms with van der Waals surface area (Å²) in [7, 11) is 1.61. The first-order chi connectivity index (χ1) is 18.3. The SMILES string of the molecule is CC[C@H](NC(=O)OC(C)(C)C)c1cncc(NC(=O)c2c(N)ncn(-c3c(C)cc(COC)cc3C)c2=O)c1. The molecule has 2 heterocycles. The summed E-state index contributed by atoms with van der Waals surface area (Å²) in [6.07, 6.45) is 4.34. The number of amides is 2. The maximum absolute atomic E-state index is 13.5. The number of aromatic nitrogens is 3. The lowest BCUT2D eigenvalue weighted by Crippen LogP contribution is -2.35. The number of rotatable bonds is 8. The van der Waals surface area contributed by atoms with Crippen molar-refractivity contribution in [2.24, 2.45) is 0 Å². The zero-order valence-corrected chi connectivity index (χ0v) is 23.4. The molecular weight excluding hydrogens is 500 g/mol. The largest absolute Gasteiger partial charge is 0.444 e. The predicted molar refractivity (Wildman–Crippen MR) is 149 cm³/mol. The third-order valence-electron chi connectivity index (χ3n) is 5.85. The Hall–Kier alpha value is -4.25. The van der Waals surface area contributed by atoms with E-state index in [1.165, 1.54) is 17.1 Å². The van der Waals surface area contributed by atoms with E-state index in [0.717, 1.165) is 16.7 Å². The van der Waals surface area contributed by atoms with Crippen LogP contribution in [0, 0.1) is 13.8 Å². The molecule has 0 saturated heterocycles. The smallest absolute Gasteiger partial charge is 0.408 e. The van der Waals surface area contributed by atoms with Crippen LogP contribution in [0.4, 0.5) is 16.3 Å². The molecule has 0 radical (unpaired) electrons. The standard InChI is InChI=1S/C28H36N6O5/c1-8-21(33-27(37)39-28(4,5)6)19-11-20(13-30-12-19)32-25(35)22-24(29)31-15-34(26(22)36)23-16(2)9-18(14-38-7)10-17(23)3/h9-13,15,21H,8,14,29H2,1-7H3,(H,32,35)(H,33,37)/t21-/m0/s1. The number of hydrogen-bond donors (Lipinski definition) is 3. The zero-order chi connectivity index (χ0) is 28.9. The van der Waals surface area contributed by atoms with Crippen molar-refractivity contribution in [3.8, 4) is 5.69 Å². The molecule has 2 aromatic heterocycles. The van der Waals surface area contributed by atoms with Gasteiger partial charge in [-0.3, -0.25) is 19.1 Å². The fourth-order valence-corrected chi connectivity index (χ4v) is 4.30. The Morgan fingerprint density at radius 3 is 2.38 bits per heavy atom. The molecule has 2 amide bonds. The van der Waals surface area contributed by atoms with Crippen LogP contribution in [-0.4, -0.2) is 39.2 Å². The molecule has 3 rings (SSSR count). The van der Waals surface area contributed by atoms with Gasteiger partial charge in [0, 0.05) is 13.3 Å². The van der Waals surface area contributed by atoms with Crippen molar-refractivity contribution in [2.75, 3.05) is 18.2 Å². The molecule has 4 N–H and O–H groups in total. The van der Waals surface area contributed by atoms with Gasteiger partial charge in [-0.05, 0) is 69.4 Å². The Morgan fingerprint density at radius 2 is 1.79 bits per heavy atom. The van der Waals surface area contributed by atoms with Crippen molar-refractivity contribution < 1.29 is 19.1 Å². The number of nitrogens with two attached hydrogens (primary N) is 1. The molecule has 11 nitrogen and oxygen atoms in total. The second-order valence-electron chi connectivity index (χ2n) is 10.3. The minimum atomic E-state index is -0.724. The number of hydrogen-bond acceptors (Lipinski definition) is 8. The molecular formula is C28H36N6O5. The van der Waals surface area contributed by atoms with Gasteiger partial charge in [-0.1, -0.05) is 19.1 Å². The molecule has 0 fully saturated rings. The topological polar surface area (TPSA) is 150 Å². The Balaban J connectivity index is 1.90. The highest BCUT2D eigenvalue weighted by molar-refractivity contribution is 6.06. The van der Waals surface area contributed by atoms with E-state index in [4.69, 9.17) is 15.2 Å². The highest BCUT2D eigenvalue weighted by Gasteiger charge is 2.22. The van der Waals surface area contributed by atoms with Gasteiger partial charge in [0.25, 0.3) is 11.5 Å². The number of nitrogens with one attached hydrogen (secondary N) is 2. The molecule has 39 heavy (non-hydrogen) atoms. The number of nitrogens with zero attached hydrogens (tertiary/aromatic N) is 3. The van der Waals surface area contributed by atoms with Crippen molar-refractivity contribution in [1.82, 2.24) is 19.9 Å². The highest BCUT2D eigenvalue weighted by atomic mass is 16.6. The molecule has 0 saturated carbocycles. The van der Waals surface area contributed by atoms with E-state index < -0.39 is 29.2 Å². The van der Waals surface area contributed by atoms with E-state index >= 15 is 0 Å². The number of nitrogen functional groups attached to an aromatic ring is 1. The van der Waals surface area contributed by atoms with Gasteiger partial charge < -0.3 is 25.8 Å². The third-order valence-corrected chi connectivity index (χ3v) is 5.85. The zero-order valence-electron chi connectivity index (χ0n) is 23.4. The quantitative estimate of drug-likeness (QED) is 0.388. The van der Waals surface area contributed by atoms with Crippen molar-refractivity contribution in [3.63, 3.8) is 0 Å². The summed E-state index contributed by atoms with van der Waals surface area (Å²) >= 11 is 0. The molecule has 3 aromatic rings. The maximum atomic E-state index is 13.5. The van der Waals surface area contributed by atoms with Gasteiger partial charge in [0.2, 0.25) is 0 Å². The molecule has 0 aliphatic heterocycles. The first-order valence-electron chi connectivity index (χ1n) is 12.6. The summed E-state index contributed by atoms with van der Waals surface area (Å²) in [5.74, 6) is -0.917. The summed E-state index contributed by atoms with van der Waals surface area (Å²) < 4.78 is 11.9. The number of anilines is 2. The average Bonchev–Trinajstić information content (AvgIpc) is 2.83. The molecule has 0 bridgehead atoms. The molecule has 1 atom stereocenters. The minimum Gasteiger partial charge on any atom is -0.444 e. The van der Waals surface area contributed by atoms with E-state index in [-0.39, 0.29) is 11.4 Å². The lowest BCUT2D eigenvalue weighted by molar-refractivity contribution is 0.0502. The van der Waals surface area contributed by atoms with Crippen LogP contribution < -0.4 is 21.9 Å². The summed E-state index contributed by atoms with van der Waals surface area (Å²) in [6.45, 7) is 11.4. The van der Waals surface area contributed by atoms with Crippen molar-refractivity contribution in [2.45, 2.75) is 66.2 Å². The summed E-state index contributed by atoms with van der Waals surface area (Å²) in [5, 5.41) is 5.50. The normalized spacial score (nSPS) is 12.1. The fourth-order valence-electron chi connectivity index (χ4n) is 4.30. The first kappa shape index (κ1) is 29.3. The van der Waals surface area contributed by atoms with Gasteiger partial charge in [-0.15, -0.1) is 0 Å². The van der Waals surface area contributed by atoms with Crippen LogP contribution in [0.1, 0.15) is 72.8 Å². The van der Waals surface area contributed by atoms with E-state index in [1.807, 2.05) is 32.9 Å². The number of aryl methyl sites for hydroxylation is 2. The monoisotopic (exact) mass is 536 g/mol. The number of ether oxygens (including phenoxy) is 2. The lowest BCUT2D eigenvalue weighted by atomic mass is 10.0. The van der Waals surface area contributed by atoms with Crippen LogP contribution in [0.3, 0.4) is 0 Å². The van der Waals surface area contributed by atoms with Crippen molar-refractivity contribution in [1.29, 1.82) is 0 Å². The van der Waals surface area contributed by atoms with Crippen molar-refractivity contribution in [3.05, 3.63) is 75.1 Å². The van der Waals surface area contributed by atoms with Crippen LogP contribution >= 0.6 is 0 Å². The number of benzene rings is 1. The van der Waals surface area contributed by atoms with Gasteiger partial charge >= 0.3 is 6.09 Å². The fraction of sp³-hybridized carbons (Fsp3) is 0.393. The van der Waals surface area contributed by atoms with Crippen molar-refractivity contribution >= 4 is 23.5 Å². The molecule has 11 heteroatoms.